The quantitative estimate of drug-likeness (QED) is 0.496. The van der Waals surface area contributed by atoms with E-state index in [1.165, 1.54) is 0 Å². The van der Waals surface area contributed by atoms with Gasteiger partial charge in [0, 0.05) is 0 Å². The van der Waals surface area contributed by atoms with Crippen molar-refractivity contribution >= 4 is 12.1 Å². The molecule has 0 aliphatic rings. The molecular formula is C17H31NO4. The van der Waals surface area contributed by atoms with E-state index in [0.29, 0.717) is 6.42 Å². The van der Waals surface area contributed by atoms with Crippen LogP contribution in [0.15, 0.2) is 12.7 Å². The maximum absolute atomic E-state index is 12.1. The molecule has 0 bridgehead atoms. The van der Waals surface area contributed by atoms with Crippen molar-refractivity contribution in [3.63, 3.8) is 0 Å². The molecule has 0 rings (SSSR count). The van der Waals surface area contributed by atoms with Gasteiger partial charge in [0.15, 0.2) is 0 Å². The number of amides is 1. The van der Waals surface area contributed by atoms with Crippen LogP contribution in [0.25, 0.3) is 0 Å². The van der Waals surface area contributed by atoms with Gasteiger partial charge >= 0.3 is 12.1 Å². The third kappa shape index (κ3) is 7.48. The maximum Gasteiger partial charge on any atom is 0.408 e. The molecule has 0 aromatic carbocycles. The van der Waals surface area contributed by atoms with E-state index in [0.717, 1.165) is 25.7 Å². The van der Waals surface area contributed by atoms with Crippen molar-refractivity contribution in [1.29, 1.82) is 0 Å². The van der Waals surface area contributed by atoms with Gasteiger partial charge in [-0.05, 0) is 44.4 Å². The number of nitrogens with one attached hydrogen (secondary N) is 1. The molecule has 0 aromatic rings. The van der Waals surface area contributed by atoms with Crippen LogP contribution in [0.2, 0.25) is 0 Å². The molecule has 0 saturated heterocycles. The summed E-state index contributed by atoms with van der Waals surface area (Å²) >= 11 is 0. The first-order valence-electron chi connectivity index (χ1n) is 7.89. The van der Waals surface area contributed by atoms with Crippen LogP contribution in [0.3, 0.4) is 0 Å². The number of hydrogen-bond acceptors (Lipinski definition) is 3. The Kier molecular flexibility index (Phi) is 8.20. The highest BCUT2D eigenvalue weighted by atomic mass is 16.6. The monoisotopic (exact) mass is 313 g/mol. The van der Waals surface area contributed by atoms with E-state index in [4.69, 9.17) is 4.74 Å². The third-order valence-electron chi connectivity index (χ3n) is 3.83. The van der Waals surface area contributed by atoms with Crippen molar-refractivity contribution in [2.75, 3.05) is 0 Å². The largest absolute Gasteiger partial charge is 0.480 e. The van der Waals surface area contributed by atoms with Crippen molar-refractivity contribution in [3.05, 3.63) is 12.7 Å². The summed E-state index contributed by atoms with van der Waals surface area (Å²) in [4.78, 5) is 23.3. The van der Waals surface area contributed by atoms with Crippen molar-refractivity contribution in [2.24, 2.45) is 5.41 Å². The molecule has 0 fully saturated rings. The van der Waals surface area contributed by atoms with Gasteiger partial charge in [0.25, 0.3) is 0 Å². The molecule has 0 unspecified atom stereocenters. The van der Waals surface area contributed by atoms with E-state index >= 15 is 0 Å². The number of alkyl carbamates (subject to hydrolysis) is 1. The Bertz CT molecular complexity index is 387. The zero-order valence-electron chi connectivity index (χ0n) is 14.6. The normalized spacial score (nSPS) is 15.5. The van der Waals surface area contributed by atoms with Crippen LogP contribution in [0, 0.1) is 5.41 Å². The number of carboxylic acids is 1. The average molecular weight is 313 g/mol. The summed E-state index contributed by atoms with van der Waals surface area (Å²) in [6.45, 7) is 12.8. The number of carbonyl (C=O) groups excluding carboxylic acids is 1. The summed E-state index contributed by atoms with van der Waals surface area (Å²) in [6, 6.07) is -0.984. The standard InChI is InChI=1S/C17H31NO4/c1-7-9-10-11-12-17(6,8-2)22-15(21)18-13(14(19)20)16(3,4)5/h7,13H,1,8-12H2,2-6H3,(H,18,21)(H,19,20)/t13-,17-/m1/s1. The smallest absolute Gasteiger partial charge is 0.408 e. The summed E-state index contributed by atoms with van der Waals surface area (Å²) in [5, 5.41) is 11.7. The van der Waals surface area contributed by atoms with Crippen molar-refractivity contribution in [1.82, 2.24) is 5.32 Å². The van der Waals surface area contributed by atoms with Crippen molar-refractivity contribution in [3.8, 4) is 0 Å². The van der Waals surface area contributed by atoms with Gasteiger partial charge in [-0.1, -0.05) is 33.8 Å². The summed E-state index contributed by atoms with van der Waals surface area (Å²) in [7, 11) is 0. The van der Waals surface area contributed by atoms with E-state index in [-0.39, 0.29) is 0 Å². The number of unbranched alkanes of at least 4 members (excludes halogenated alkanes) is 2. The zero-order valence-corrected chi connectivity index (χ0v) is 14.6. The predicted molar refractivity (Wildman–Crippen MR) is 87.9 cm³/mol. The van der Waals surface area contributed by atoms with Gasteiger partial charge in [0.2, 0.25) is 0 Å². The second-order valence-electron chi connectivity index (χ2n) is 7.01. The highest BCUT2D eigenvalue weighted by Gasteiger charge is 2.35. The lowest BCUT2D eigenvalue weighted by Gasteiger charge is -2.32. The fraction of sp³-hybridized carbons (Fsp3) is 0.765. The van der Waals surface area contributed by atoms with Gasteiger partial charge < -0.3 is 15.2 Å². The van der Waals surface area contributed by atoms with Gasteiger partial charge in [0.05, 0.1) is 0 Å². The average Bonchev–Trinajstić information content (AvgIpc) is 2.39. The fourth-order valence-electron chi connectivity index (χ4n) is 2.11. The fourth-order valence-corrected chi connectivity index (χ4v) is 2.11. The number of allylic oxidation sites excluding steroid dienone is 1. The Morgan fingerprint density at radius 1 is 1.27 bits per heavy atom. The Morgan fingerprint density at radius 2 is 1.86 bits per heavy atom. The predicted octanol–water partition coefficient (Wildman–Crippen LogP) is 4.13. The number of carboxylic acid groups (broad SMARTS) is 1. The Labute approximate surface area is 134 Å². The molecule has 5 nitrogen and oxygen atoms in total. The van der Waals surface area contributed by atoms with Gasteiger partial charge in [-0.25, -0.2) is 9.59 Å². The lowest BCUT2D eigenvalue weighted by atomic mass is 9.87. The topological polar surface area (TPSA) is 75.6 Å². The summed E-state index contributed by atoms with van der Waals surface area (Å²) in [6.07, 6.45) is 5.51. The summed E-state index contributed by atoms with van der Waals surface area (Å²) in [5.41, 5.74) is -1.16. The summed E-state index contributed by atoms with van der Waals surface area (Å²) in [5.74, 6) is -1.06. The first-order chi connectivity index (χ1) is 10.1. The molecule has 0 aliphatic heterocycles. The molecule has 0 spiro atoms. The molecule has 1 amide bonds. The molecule has 0 aliphatic carbocycles. The van der Waals surface area contributed by atoms with Crippen LogP contribution < -0.4 is 5.32 Å². The van der Waals surface area contributed by atoms with Gasteiger partial charge in [-0.2, -0.15) is 0 Å². The molecule has 0 heterocycles. The molecular weight excluding hydrogens is 282 g/mol. The number of rotatable bonds is 9. The number of hydrogen-bond donors (Lipinski definition) is 2. The molecule has 22 heavy (non-hydrogen) atoms. The Hall–Kier alpha value is -1.52. The Balaban J connectivity index is 4.63. The minimum Gasteiger partial charge on any atom is -0.480 e. The second kappa shape index (κ2) is 8.81. The van der Waals surface area contributed by atoms with E-state index in [2.05, 4.69) is 11.9 Å². The molecule has 0 aromatic heterocycles. The number of aliphatic carboxylic acids is 1. The lowest BCUT2D eigenvalue weighted by Crippen LogP contribution is -2.50. The maximum atomic E-state index is 12.1. The molecule has 0 radical (unpaired) electrons. The highest BCUT2D eigenvalue weighted by molar-refractivity contribution is 5.80. The minimum absolute atomic E-state index is 0.577. The van der Waals surface area contributed by atoms with Crippen LogP contribution in [0.4, 0.5) is 4.79 Å². The molecule has 5 heteroatoms. The van der Waals surface area contributed by atoms with E-state index in [9.17, 15) is 14.7 Å². The molecule has 2 atom stereocenters. The van der Waals surface area contributed by atoms with E-state index in [1.807, 2.05) is 19.9 Å². The molecule has 0 saturated carbocycles. The van der Waals surface area contributed by atoms with Gasteiger partial charge in [-0.15, -0.1) is 6.58 Å². The zero-order chi connectivity index (χ0) is 17.4. The van der Waals surface area contributed by atoms with Gasteiger partial charge in [-0.3, -0.25) is 0 Å². The molecule has 2 N–H and O–H groups in total. The van der Waals surface area contributed by atoms with Crippen LogP contribution in [0.5, 0.6) is 0 Å². The second-order valence-corrected chi connectivity index (χ2v) is 7.01. The van der Waals surface area contributed by atoms with Crippen LogP contribution in [-0.4, -0.2) is 28.8 Å². The first-order valence-corrected chi connectivity index (χ1v) is 7.89. The van der Waals surface area contributed by atoms with Crippen molar-refractivity contribution in [2.45, 2.75) is 78.4 Å². The van der Waals surface area contributed by atoms with Crippen LogP contribution >= 0.6 is 0 Å². The van der Waals surface area contributed by atoms with E-state index in [1.54, 1.807) is 20.8 Å². The van der Waals surface area contributed by atoms with Crippen molar-refractivity contribution < 1.29 is 19.4 Å². The number of ether oxygens (including phenoxy) is 1. The SMILES string of the molecule is C=CCCCC[C@@](C)(CC)OC(=O)N[C@H](C(=O)O)C(C)(C)C. The van der Waals surface area contributed by atoms with Gasteiger partial charge in [0.1, 0.15) is 11.6 Å². The molecule has 128 valence electrons. The highest BCUT2D eigenvalue weighted by Crippen LogP contribution is 2.25. The third-order valence-corrected chi connectivity index (χ3v) is 3.83. The summed E-state index contributed by atoms with van der Waals surface area (Å²) < 4.78 is 5.50. The minimum atomic E-state index is -1.06. The van der Waals surface area contributed by atoms with Crippen LogP contribution in [-0.2, 0) is 9.53 Å². The lowest BCUT2D eigenvalue weighted by molar-refractivity contribution is -0.142. The van der Waals surface area contributed by atoms with Crippen LogP contribution in [0.1, 0.15) is 66.7 Å². The Morgan fingerprint density at radius 3 is 2.27 bits per heavy atom. The first kappa shape index (κ1) is 20.5. The number of carbonyl (C=O) groups is 2. The van der Waals surface area contributed by atoms with E-state index < -0.39 is 29.1 Å².